The maximum absolute atomic E-state index is 5.51. The number of hydrogen-bond acceptors (Lipinski definition) is 3. The number of rotatable bonds is 2. The normalized spacial score (nSPS) is 28.8. The van der Waals surface area contributed by atoms with Crippen LogP contribution in [0.4, 0.5) is 0 Å². The summed E-state index contributed by atoms with van der Waals surface area (Å²) in [7, 11) is 0. The van der Waals surface area contributed by atoms with Crippen molar-refractivity contribution < 1.29 is 0 Å². The van der Waals surface area contributed by atoms with E-state index < -0.39 is 0 Å². The molecule has 1 fully saturated rings. The summed E-state index contributed by atoms with van der Waals surface area (Å²) in [4.78, 5) is 2.47. The molecule has 1 saturated heterocycles. The Hall–Kier alpha value is 0.270. The molecule has 0 bridgehead atoms. The van der Waals surface area contributed by atoms with Crippen LogP contribution >= 0.6 is 11.9 Å². The van der Waals surface area contributed by atoms with E-state index in [2.05, 4.69) is 11.8 Å². The molecular formula is C7H16N2S. The van der Waals surface area contributed by atoms with Crippen LogP contribution in [0.3, 0.4) is 0 Å². The third kappa shape index (κ3) is 2.15. The highest BCUT2D eigenvalue weighted by molar-refractivity contribution is 7.97. The molecule has 0 radical (unpaired) electrons. The monoisotopic (exact) mass is 160 g/mol. The number of nitrogens with two attached hydrogens (primary N) is 1. The van der Waals surface area contributed by atoms with E-state index in [4.69, 9.17) is 5.14 Å². The van der Waals surface area contributed by atoms with Gasteiger partial charge in [0.05, 0.1) is 0 Å². The zero-order valence-corrected chi connectivity index (χ0v) is 7.36. The Labute approximate surface area is 67.3 Å². The molecule has 1 unspecified atom stereocenters. The summed E-state index contributed by atoms with van der Waals surface area (Å²) in [6, 6.07) is 0. The molecular weight excluding hydrogens is 144 g/mol. The van der Waals surface area contributed by atoms with E-state index in [1.54, 1.807) is 0 Å². The smallest absolute Gasteiger partial charge is 0.0318 e. The Balaban J connectivity index is 2.25. The Morgan fingerprint density at radius 1 is 1.70 bits per heavy atom. The van der Waals surface area contributed by atoms with Crippen LogP contribution in [0.2, 0.25) is 0 Å². The average molecular weight is 160 g/mol. The number of piperidine rings is 1. The second-order valence-electron chi connectivity index (χ2n) is 2.79. The van der Waals surface area contributed by atoms with Crippen LogP contribution in [0.15, 0.2) is 0 Å². The second kappa shape index (κ2) is 4.21. The fourth-order valence-corrected chi connectivity index (χ4v) is 2.01. The van der Waals surface area contributed by atoms with Crippen molar-refractivity contribution in [2.45, 2.75) is 25.0 Å². The van der Waals surface area contributed by atoms with Gasteiger partial charge in [0.25, 0.3) is 0 Å². The maximum atomic E-state index is 5.51. The van der Waals surface area contributed by atoms with Gasteiger partial charge in [-0.2, -0.15) is 0 Å². The van der Waals surface area contributed by atoms with Gasteiger partial charge < -0.3 is 4.90 Å². The van der Waals surface area contributed by atoms with E-state index in [-0.39, 0.29) is 0 Å². The Morgan fingerprint density at radius 2 is 2.50 bits per heavy atom. The molecule has 1 rings (SSSR count). The second-order valence-corrected chi connectivity index (χ2v) is 3.73. The molecule has 60 valence electrons. The topological polar surface area (TPSA) is 29.3 Å². The fraction of sp³-hybridized carbons (Fsp3) is 1.00. The summed E-state index contributed by atoms with van der Waals surface area (Å²) >= 11 is 1.52. The van der Waals surface area contributed by atoms with Crippen LogP contribution in [-0.4, -0.2) is 29.8 Å². The van der Waals surface area contributed by atoms with Crippen molar-refractivity contribution >= 4 is 11.9 Å². The zero-order valence-electron chi connectivity index (χ0n) is 6.55. The first-order chi connectivity index (χ1) is 4.86. The van der Waals surface area contributed by atoms with Gasteiger partial charge in [-0.05, 0) is 25.9 Å². The van der Waals surface area contributed by atoms with Crippen molar-refractivity contribution in [1.29, 1.82) is 0 Å². The Kier molecular flexibility index (Phi) is 3.52. The predicted octanol–water partition coefficient (Wildman–Crippen LogP) is 1.08. The quantitative estimate of drug-likeness (QED) is 0.613. The molecule has 0 aromatic rings. The molecule has 0 aromatic carbocycles. The van der Waals surface area contributed by atoms with Crippen LogP contribution in [-0.2, 0) is 0 Å². The van der Waals surface area contributed by atoms with Crippen molar-refractivity contribution in [3.05, 3.63) is 0 Å². The van der Waals surface area contributed by atoms with Gasteiger partial charge in [-0.3, -0.25) is 5.14 Å². The first-order valence-electron chi connectivity index (χ1n) is 3.94. The molecule has 0 spiro atoms. The summed E-state index contributed by atoms with van der Waals surface area (Å²) in [5, 5.41) is 6.20. The molecule has 10 heavy (non-hydrogen) atoms. The van der Waals surface area contributed by atoms with Gasteiger partial charge in [0.1, 0.15) is 0 Å². The molecule has 1 aliphatic rings. The molecule has 2 nitrogen and oxygen atoms in total. The molecule has 0 aliphatic carbocycles. The first kappa shape index (κ1) is 8.37. The van der Waals surface area contributed by atoms with E-state index in [9.17, 15) is 0 Å². The first-order valence-corrected chi connectivity index (χ1v) is 4.89. The van der Waals surface area contributed by atoms with Crippen molar-refractivity contribution in [2.24, 2.45) is 5.14 Å². The Morgan fingerprint density at radius 3 is 3.10 bits per heavy atom. The number of nitrogens with zero attached hydrogens (tertiary/aromatic N) is 1. The highest BCUT2D eigenvalue weighted by atomic mass is 32.2. The van der Waals surface area contributed by atoms with Gasteiger partial charge in [0.15, 0.2) is 0 Å². The SMILES string of the molecule is CCN1CCCC(SN)C1. The van der Waals surface area contributed by atoms with Crippen LogP contribution < -0.4 is 5.14 Å². The zero-order chi connectivity index (χ0) is 7.40. The van der Waals surface area contributed by atoms with Crippen LogP contribution in [0, 0.1) is 0 Å². The molecule has 3 heteroatoms. The summed E-state index contributed by atoms with van der Waals surface area (Å²) in [5.41, 5.74) is 0. The van der Waals surface area contributed by atoms with Crippen molar-refractivity contribution in [3.63, 3.8) is 0 Å². The highest BCUT2D eigenvalue weighted by Gasteiger charge is 2.17. The largest absolute Gasteiger partial charge is 0.302 e. The predicted molar refractivity (Wildman–Crippen MR) is 46.9 cm³/mol. The lowest BCUT2D eigenvalue weighted by atomic mass is 10.1. The van der Waals surface area contributed by atoms with Gasteiger partial charge in [0.2, 0.25) is 0 Å². The van der Waals surface area contributed by atoms with Crippen molar-refractivity contribution in [1.82, 2.24) is 4.90 Å². The molecule has 0 aromatic heterocycles. The van der Waals surface area contributed by atoms with Gasteiger partial charge in [-0.1, -0.05) is 18.9 Å². The van der Waals surface area contributed by atoms with E-state index in [1.165, 1.54) is 44.4 Å². The molecule has 1 heterocycles. The van der Waals surface area contributed by atoms with E-state index in [0.717, 1.165) is 0 Å². The molecule has 1 aliphatic heterocycles. The maximum Gasteiger partial charge on any atom is 0.0318 e. The fourth-order valence-electron chi connectivity index (χ4n) is 1.41. The van der Waals surface area contributed by atoms with Crippen molar-refractivity contribution in [2.75, 3.05) is 19.6 Å². The van der Waals surface area contributed by atoms with Crippen LogP contribution in [0.25, 0.3) is 0 Å². The molecule has 2 N–H and O–H groups in total. The molecule has 0 amide bonds. The van der Waals surface area contributed by atoms with Gasteiger partial charge in [-0.25, -0.2) is 0 Å². The minimum Gasteiger partial charge on any atom is -0.302 e. The lowest BCUT2D eigenvalue weighted by Crippen LogP contribution is -2.37. The van der Waals surface area contributed by atoms with Gasteiger partial charge in [-0.15, -0.1) is 0 Å². The van der Waals surface area contributed by atoms with Crippen LogP contribution in [0.1, 0.15) is 19.8 Å². The van der Waals surface area contributed by atoms with E-state index in [0.29, 0.717) is 5.25 Å². The minimum absolute atomic E-state index is 0.689. The van der Waals surface area contributed by atoms with E-state index in [1.807, 2.05) is 0 Å². The van der Waals surface area contributed by atoms with Crippen molar-refractivity contribution in [3.8, 4) is 0 Å². The van der Waals surface area contributed by atoms with Crippen LogP contribution in [0.5, 0.6) is 0 Å². The molecule has 0 saturated carbocycles. The number of likely N-dealkylation sites (tertiary alicyclic amines) is 1. The van der Waals surface area contributed by atoms with Gasteiger partial charge in [0, 0.05) is 11.8 Å². The average Bonchev–Trinajstić information content (AvgIpc) is 2.05. The molecule has 1 atom stereocenters. The summed E-state index contributed by atoms with van der Waals surface area (Å²) in [6.45, 7) is 5.85. The minimum atomic E-state index is 0.689. The highest BCUT2D eigenvalue weighted by Crippen LogP contribution is 2.17. The lowest BCUT2D eigenvalue weighted by Gasteiger charge is -2.30. The Bertz CT molecular complexity index is 87.6. The summed E-state index contributed by atoms with van der Waals surface area (Å²) in [5.74, 6) is 0. The lowest BCUT2D eigenvalue weighted by molar-refractivity contribution is 0.246. The number of hydrogen-bond donors (Lipinski definition) is 1. The van der Waals surface area contributed by atoms with Gasteiger partial charge >= 0.3 is 0 Å². The summed E-state index contributed by atoms with van der Waals surface area (Å²) in [6.07, 6.45) is 2.63. The third-order valence-corrected chi connectivity index (χ3v) is 2.87. The third-order valence-electron chi connectivity index (χ3n) is 2.10. The summed E-state index contributed by atoms with van der Waals surface area (Å²) < 4.78 is 0. The standard InChI is InChI=1S/C7H16N2S/c1-2-9-5-3-4-7(6-9)10-8/h7H,2-6,8H2,1H3. The van der Waals surface area contributed by atoms with E-state index >= 15 is 0 Å².